The third kappa shape index (κ3) is 15.9. The highest BCUT2D eigenvalue weighted by Gasteiger charge is 2.60. The molecule has 24 N–H and O–H groups in total. The van der Waals surface area contributed by atoms with Gasteiger partial charge in [-0.15, -0.1) is 0 Å². The van der Waals surface area contributed by atoms with Gasteiger partial charge in [-0.2, -0.15) is 0 Å². The molecule has 21 fully saturated rings. The summed E-state index contributed by atoms with van der Waals surface area (Å²) in [6.45, 7) is -8.16. The lowest BCUT2D eigenvalue weighted by Crippen LogP contribution is -2.68. The Hall–Kier alpha value is -3.44. The molecule has 21 aliphatic rings. The first-order chi connectivity index (χ1) is 44.3. The van der Waals surface area contributed by atoms with Crippen molar-refractivity contribution in [2.45, 2.75) is 227 Å². The molecule has 0 saturated carbocycles. The van der Waals surface area contributed by atoms with Crippen molar-refractivity contribution >= 4 is 11.9 Å². The lowest BCUT2D eigenvalue weighted by atomic mass is 9.95. The van der Waals surface area contributed by atoms with Gasteiger partial charge < -0.3 is 189 Å². The Labute approximate surface area is 525 Å². The molecule has 0 unspecified atom stereocenters. The average molecular weight is 1360 g/mol. The highest BCUT2D eigenvalue weighted by atomic mass is 16.8. The number of aliphatic hydroxyl groups excluding tert-OH is 20. The van der Waals surface area contributed by atoms with Crippen molar-refractivity contribution in [1.29, 1.82) is 0 Å². The number of hydrogen-bond acceptors (Lipinski definition) is 38. The molecule has 1 amide bonds. The summed E-state index contributed by atoms with van der Waals surface area (Å²) in [5.41, 5.74) is 0.391. The van der Waals surface area contributed by atoms with Gasteiger partial charge in [-0.05, 0) is 24.1 Å². The van der Waals surface area contributed by atoms with Crippen LogP contribution in [0.1, 0.15) is 5.56 Å². The quantitative estimate of drug-likeness (QED) is 0.0822. The van der Waals surface area contributed by atoms with E-state index >= 15 is 0 Å². The van der Waals surface area contributed by atoms with Gasteiger partial charge in [-0.1, -0.05) is 12.1 Å². The molecule has 21 aliphatic heterocycles. The Morgan fingerprint density at radius 2 is 0.570 bits per heavy atom. The molecule has 1 aromatic rings. The van der Waals surface area contributed by atoms with Gasteiger partial charge in [-0.25, -0.2) is 0 Å². The fraction of sp³-hybridized carbons (Fsp3) is 0.849. The fourth-order valence-corrected chi connectivity index (χ4v) is 12.1. The maximum Gasteiger partial charge on any atom is 0.322 e. The van der Waals surface area contributed by atoms with Crippen LogP contribution in [0.3, 0.4) is 0 Å². The van der Waals surface area contributed by atoms with E-state index in [1.165, 1.54) is 24.3 Å². The molecule has 40 nitrogen and oxygen atoms in total. The number of aliphatic carboxylic acids is 1. The SMILES string of the molecule is O=C(O)CNC(=O)[C@H](Cc1ccc(O)cc1)NC[C@H]1O[C@@H]2O[C@H]3[C@H](O)[C@@H](O)[C@@H](O[C@H]4[C@H](O)[C@@H](O)[C@@H](O[C@H]5[C@H](O)[C@@H](O)[C@@H](O[C@H]6[C@H](O)[C@@H](O)[C@@H](O[C@H]7[C@H](O)[C@@H](O)[C@@H](O[C@H]8[C@H](O)[C@@H](O)[C@@H](O[C@H]1[C@H](O)[C@H]2O)O[C@@H]8CO)O[C@@H]7CO)O[C@@H]6CO)O[C@@H]5CO)O[C@@H]4CO)O[C@@H]3CO. The number of benzene rings is 1. The van der Waals surface area contributed by atoms with Crippen LogP contribution >= 0.6 is 0 Å². The summed E-state index contributed by atoms with van der Waals surface area (Å²) in [5.74, 6) is -2.53. The van der Waals surface area contributed by atoms with Crippen LogP contribution in [0.4, 0.5) is 0 Å². The molecule has 0 spiro atoms. The first-order valence-corrected chi connectivity index (χ1v) is 29.6. The number of carboxylic acid groups (broad SMARTS) is 1. The molecule has 22 rings (SSSR count). The van der Waals surface area contributed by atoms with Crippen molar-refractivity contribution in [2.75, 3.05) is 52.7 Å². The first kappa shape index (κ1) is 73.8. The summed E-state index contributed by atoms with van der Waals surface area (Å²) in [6.07, 6.45) is -73.1. The molecule has 532 valence electrons. The summed E-state index contributed by atoms with van der Waals surface area (Å²) in [7, 11) is 0. The van der Waals surface area contributed by atoms with Crippen LogP contribution in [0.5, 0.6) is 5.75 Å². The van der Waals surface area contributed by atoms with Crippen molar-refractivity contribution in [3.63, 3.8) is 0 Å². The van der Waals surface area contributed by atoms with Gasteiger partial charge in [0, 0.05) is 6.54 Å². The Morgan fingerprint density at radius 3 is 0.796 bits per heavy atom. The lowest BCUT2D eigenvalue weighted by molar-refractivity contribution is -0.396. The second kappa shape index (κ2) is 32.0. The minimum atomic E-state index is -2.34. The third-order valence-corrected chi connectivity index (χ3v) is 17.3. The zero-order valence-corrected chi connectivity index (χ0v) is 48.8. The maximum absolute atomic E-state index is 13.6. The summed E-state index contributed by atoms with van der Waals surface area (Å²) in [6, 6.07) is 4.00. The van der Waals surface area contributed by atoms with Gasteiger partial charge in [-0.3, -0.25) is 9.59 Å². The second-order valence-corrected chi connectivity index (χ2v) is 23.4. The van der Waals surface area contributed by atoms with E-state index in [4.69, 9.17) is 66.3 Å². The van der Waals surface area contributed by atoms with Crippen LogP contribution in [0.25, 0.3) is 0 Å². The van der Waals surface area contributed by atoms with E-state index in [1.54, 1.807) is 0 Å². The van der Waals surface area contributed by atoms with Gasteiger partial charge in [0.1, 0.15) is 183 Å². The van der Waals surface area contributed by atoms with Crippen LogP contribution < -0.4 is 10.6 Å². The van der Waals surface area contributed by atoms with E-state index in [0.29, 0.717) is 5.56 Å². The first-order valence-electron chi connectivity index (χ1n) is 29.6. The van der Waals surface area contributed by atoms with E-state index in [-0.39, 0.29) is 12.2 Å². The van der Waals surface area contributed by atoms with E-state index in [1.807, 2.05) is 0 Å². The summed E-state index contributed by atoms with van der Waals surface area (Å²) in [4.78, 5) is 25.1. The van der Waals surface area contributed by atoms with Crippen molar-refractivity contribution in [2.24, 2.45) is 0 Å². The molecule has 0 aliphatic carbocycles. The molecule has 0 radical (unpaired) electrons. The molecule has 1 aromatic carbocycles. The second-order valence-electron chi connectivity index (χ2n) is 23.4. The maximum atomic E-state index is 13.6. The van der Waals surface area contributed by atoms with E-state index in [0.717, 1.165) is 0 Å². The number of ether oxygens (including phenoxy) is 14. The monoisotopic (exact) mass is 1350 g/mol. The predicted octanol–water partition coefficient (Wildman–Crippen LogP) is -15.1. The van der Waals surface area contributed by atoms with Crippen LogP contribution in [0.15, 0.2) is 24.3 Å². The van der Waals surface area contributed by atoms with E-state index in [2.05, 4.69) is 10.6 Å². The highest BCUT2D eigenvalue weighted by molar-refractivity contribution is 5.85. The summed E-state index contributed by atoms with van der Waals surface area (Å²) < 4.78 is 81.3. The van der Waals surface area contributed by atoms with Crippen molar-refractivity contribution < 1.29 is 188 Å². The van der Waals surface area contributed by atoms with Crippen molar-refractivity contribution in [3.05, 3.63) is 29.8 Å². The van der Waals surface area contributed by atoms with Gasteiger partial charge >= 0.3 is 5.97 Å². The van der Waals surface area contributed by atoms with Crippen LogP contribution in [-0.2, 0) is 82.3 Å². The van der Waals surface area contributed by atoms with E-state index < -0.39 is 286 Å². The molecule has 36 atom stereocenters. The Bertz CT molecular complexity index is 2510. The van der Waals surface area contributed by atoms with Gasteiger partial charge in [0.05, 0.1) is 45.7 Å². The Morgan fingerprint density at radius 1 is 0.344 bits per heavy atom. The number of carboxylic acids is 1. The number of aromatic hydroxyl groups is 1. The van der Waals surface area contributed by atoms with Gasteiger partial charge in [0.15, 0.2) is 44.0 Å². The fourth-order valence-electron chi connectivity index (χ4n) is 12.1. The number of aliphatic hydroxyl groups is 20. The standard InChI is InChI=1S/C53H82N2O38/c56-8-18-40-27(67)34(74)49(82-18)90-42-20(10-58)84-51(36(76)29(42)69)92-44-22(12-60)86-53(38(78)31(44)71)93-45-23(13-61)85-52(37(77)30(45)70)91-43-21(11-59)83-50(35(75)28(43)68)89-41-19(9-57)81-48(33(73)26(41)66)87-39-17(80-47(88-40)32(72)25(39)65)6-54-16(46(79)55-7-24(63)64)5-14-1-3-15(62)4-2-14/h1-4,16-23,25-45,47-54,56-62,65-78H,5-13H2,(H,55,79)(H,63,64)/t16-,17+,18+,19+,20+,21+,22+,23+,25+,26+,27+,28+,29+,30+,31+,32+,33+,34+,35+,36+,37+,38+,39+,40+,41+,42+,43+,44+,45+,47+,48+,49+,50+,51+,52+,53+/m0/s1. The number of carbonyl (C=O) groups excluding carboxylic acids is 1. The summed E-state index contributed by atoms with van der Waals surface area (Å²) >= 11 is 0. The number of rotatable bonds is 14. The Kier molecular flexibility index (Phi) is 25.4. The number of carbonyl (C=O) groups is 2. The molecule has 0 aromatic heterocycles. The Balaban J connectivity index is 1.03. The van der Waals surface area contributed by atoms with Gasteiger partial charge in [0.25, 0.3) is 0 Å². The zero-order valence-electron chi connectivity index (χ0n) is 48.8. The molecular weight excluding hydrogens is 1270 g/mol. The molecule has 14 bridgehead atoms. The number of hydrogen-bond donors (Lipinski definition) is 24. The molecule has 93 heavy (non-hydrogen) atoms. The topological polar surface area (TPSA) is 632 Å². The molecule has 40 heteroatoms. The average Bonchev–Trinajstić information content (AvgIpc) is 0.862. The third-order valence-electron chi connectivity index (χ3n) is 17.3. The molecule has 21 heterocycles. The van der Waals surface area contributed by atoms with Crippen LogP contribution in [-0.4, -0.2) is 398 Å². The molecule has 21 saturated heterocycles. The minimum absolute atomic E-state index is 0.156. The lowest BCUT2D eigenvalue weighted by Gasteiger charge is -2.50. The van der Waals surface area contributed by atoms with Gasteiger partial charge in [0.2, 0.25) is 5.91 Å². The minimum Gasteiger partial charge on any atom is -0.508 e. The number of amides is 1. The van der Waals surface area contributed by atoms with Crippen molar-refractivity contribution in [1.82, 2.24) is 10.6 Å². The smallest absolute Gasteiger partial charge is 0.322 e. The highest BCUT2D eigenvalue weighted by Crippen LogP contribution is 2.39. The van der Waals surface area contributed by atoms with Crippen molar-refractivity contribution in [3.8, 4) is 5.75 Å². The normalized spacial score (nSPS) is 48.1. The number of phenolic OH excluding ortho intramolecular Hbond substituents is 1. The zero-order chi connectivity index (χ0) is 67.6. The largest absolute Gasteiger partial charge is 0.508 e. The van der Waals surface area contributed by atoms with E-state index in [9.17, 15) is 122 Å². The van der Waals surface area contributed by atoms with Crippen LogP contribution in [0, 0.1) is 0 Å². The number of nitrogens with one attached hydrogen (secondary N) is 2. The predicted molar refractivity (Wildman–Crippen MR) is 286 cm³/mol. The molecular formula is C53H82N2O38. The summed E-state index contributed by atoms with van der Waals surface area (Å²) in [5, 5.41) is 249. The van der Waals surface area contributed by atoms with Crippen LogP contribution in [0.2, 0.25) is 0 Å². The number of phenols is 1.